The molecular weight excluding hydrogens is 538 g/mol. The van der Waals surface area contributed by atoms with Crippen molar-refractivity contribution in [3.05, 3.63) is 82.9 Å². The number of hydrogen-bond acceptors (Lipinski definition) is 7. The van der Waals surface area contributed by atoms with Crippen molar-refractivity contribution in [3.8, 4) is 6.07 Å². The van der Waals surface area contributed by atoms with Crippen LogP contribution >= 0.6 is 0 Å². The molecule has 0 radical (unpaired) electrons. The van der Waals surface area contributed by atoms with E-state index in [-0.39, 0.29) is 17.7 Å². The standard InChI is InChI=1S/C34H41N7O2/c1-23(13-16-36-34(43)32-24(2)37-22-38-25(32)3)40-17-14-31(15-18-40)41(21-27-6-4-5-26(19-27)20-35)30-11-9-29(10-12-30)39-33(42)28-7-8-28/h4-6,9-12,19,22-23,28,31H,7-8,13-18,21H2,1-3H3,(H,36,43)(H,39,42). The highest BCUT2D eigenvalue weighted by Crippen LogP contribution is 2.31. The van der Waals surface area contributed by atoms with Gasteiger partial charge in [-0.1, -0.05) is 12.1 Å². The van der Waals surface area contributed by atoms with E-state index in [4.69, 9.17) is 0 Å². The largest absolute Gasteiger partial charge is 0.364 e. The molecule has 1 unspecified atom stereocenters. The summed E-state index contributed by atoms with van der Waals surface area (Å²) in [6, 6.07) is 18.9. The Labute approximate surface area is 254 Å². The Kier molecular flexibility index (Phi) is 9.68. The lowest BCUT2D eigenvalue weighted by molar-refractivity contribution is -0.117. The number of carbonyl (C=O) groups is 2. The van der Waals surface area contributed by atoms with E-state index in [2.05, 4.69) is 61.6 Å². The van der Waals surface area contributed by atoms with Gasteiger partial charge < -0.3 is 20.4 Å². The van der Waals surface area contributed by atoms with Crippen molar-refractivity contribution in [2.24, 2.45) is 5.92 Å². The van der Waals surface area contributed by atoms with Crippen molar-refractivity contribution in [2.45, 2.75) is 71.5 Å². The highest BCUT2D eigenvalue weighted by Gasteiger charge is 2.30. The molecule has 9 nitrogen and oxygen atoms in total. The minimum Gasteiger partial charge on any atom is -0.364 e. The first-order chi connectivity index (χ1) is 20.8. The molecule has 0 spiro atoms. The second-order valence-corrected chi connectivity index (χ2v) is 11.8. The van der Waals surface area contributed by atoms with Crippen molar-refractivity contribution in [1.82, 2.24) is 20.2 Å². The Morgan fingerprint density at radius 3 is 2.40 bits per heavy atom. The maximum absolute atomic E-state index is 12.7. The van der Waals surface area contributed by atoms with Gasteiger partial charge in [0, 0.05) is 55.6 Å². The van der Waals surface area contributed by atoms with Gasteiger partial charge >= 0.3 is 0 Å². The van der Waals surface area contributed by atoms with Crippen LogP contribution in [0, 0.1) is 31.1 Å². The molecule has 1 aliphatic carbocycles. The van der Waals surface area contributed by atoms with Crippen molar-refractivity contribution < 1.29 is 9.59 Å². The van der Waals surface area contributed by atoms with Gasteiger partial charge in [0.05, 0.1) is 28.6 Å². The quantitative estimate of drug-likeness (QED) is 0.329. The van der Waals surface area contributed by atoms with E-state index in [1.807, 2.05) is 44.2 Å². The average molecular weight is 580 g/mol. The van der Waals surface area contributed by atoms with E-state index in [0.717, 1.165) is 62.1 Å². The summed E-state index contributed by atoms with van der Waals surface area (Å²) in [5.41, 5.74) is 5.66. The molecule has 2 N–H and O–H groups in total. The van der Waals surface area contributed by atoms with Crippen LogP contribution in [0.1, 0.15) is 71.9 Å². The Hall–Kier alpha value is -4.29. The highest BCUT2D eigenvalue weighted by atomic mass is 16.2. The summed E-state index contributed by atoms with van der Waals surface area (Å²) >= 11 is 0. The summed E-state index contributed by atoms with van der Waals surface area (Å²) in [6.07, 6.45) is 6.33. The lowest BCUT2D eigenvalue weighted by Gasteiger charge is -2.42. The third-order valence-electron chi connectivity index (χ3n) is 8.69. The van der Waals surface area contributed by atoms with Crippen LogP contribution in [0.4, 0.5) is 11.4 Å². The Morgan fingerprint density at radius 1 is 1.05 bits per heavy atom. The van der Waals surface area contributed by atoms with Crippen molar-refractivity contribution >= 4 is 23.2 Å². The van der Waals surface area contributed by atoms with E-state index in [9.17, 15) is 14.9 Å². The molecule has 2 aliphatic rings. The third kappa shape index (κ3) is 7.76. The number of aromatic nitrogens is 2. The number of nitrogens with one attached hydrogen (secondary N) is 2. The predicted molar refractivity (Wildman–Crippen MR) is 168 cm³/mol. The summed E-state index contributed by atoms with van der Waals surface area (Å²) in [4.78, 5) is 38.3. The third-order valence-corrected chi connectivity index (χ3v) is 8.69. The number of amides is 2. The number of rotatable bonds is 11. The SMILES string of the molecule is Cc1ncnc(C)c1C(=O)NCCC(C)N1CCC(N(Cc2cccc(C#N)c2)c2ccc(NC(=O)C3CC3)cc2)CC1. The molecule has 2 amide bonds. The molecule has 1 aliphatic heterocycles. The highest BCUT2D eigenvalue weighted by molar-refractivity contribution is 5.96. The van der Waals surface area contributed by atoms with E-state index in [1.165, 1.54) is 6.33 Å². The van der Waals surface area contributed by atoms with E-state index in [0.29, 0.717) is 47.7 Å². The molecule has 224 valence electrons. The number of aryl methyl sites for hydroxylation is 2. The van der Waals surface area contributed by atoms with Gasteiger partial charge in [-0.3, -0.25) is 9.59 Å². The van der Waals surface area contributed by atoms with Crippen LogP contribution in [0.2, 0.25) is 0 Å². The Bertz CT molecular complexity index is 1450. The monoisotopic (exact) mass is 579 g/mol. The molecule has 5 rings (SSSR count). The van der Waals surface area contributed by atoms with Crippen molar-refractivity contribution in [3.63, 3.8) is 0 Å². The first kappa shape index (κ1) is 30.2. The van der Waals surface area contributed by atoms with Crippen LogP contribution in [-0.2, 0) is 11.3 Å². The lowest BCUT2D eigenvalue weighted by Crippen LogP contribution is -2.48. The molecule has 2 fully saturated rings. The van der Waals surface area contributed by atoms with Crippen LogP contribution < -0.4 is 15.5 Å². The van der Waals surface area contributed by atoms with Gasteiger partial charge in [0.2, 0.25) is 5.91 Å². The number of benzene rings is 2. The van der Waals surface area contributed by atoms with Gasteiger partial charge in [-0.2, -0.15) is 5.26 Å². The van der Waals surface area contributed by atoms with Gasteiger partial charge in [-0.15, -0.1) is 0 Å². The first-order valence-corrected chi connectivity index (χ1v) is 15.3. The molecule has 3 aromatic rings. The maximum Gasteiger partial charge on any atom is 0.254 e. The second-order valence-electron chi connectivity index (χ2n) is 11.8. The number of anilines is 2. The minimum absolute atomic E-state index is 0.110. The van der Waals surface area contributed by atoms with Crippen LogP contribution in [0.3, 0.4) is 0 Å². The molecule has 1 saturated carbocycles. The summed E-state index contributed by atoms with van der Waals surface area (Å²) in [5, 5.41) is 15.5. The van der Waals surface area contributed by atoms with Gasteiger partial charge in [-0.25, -0.2) is 9.97 Å². The number of piperidine rings is 1. The Balaban J connectivity index is 1.19. The zero-order valence-electron chi connectivity index (χ0n) is 25.3. The number of nitriles is 1. The number of nitrogens with zero attached hydrogens (tertiary/aromatic N) is 5. The van der Waals surface area contributed by atoms with Gasteiger partial charge in [0.25, 0.3) is 5.91 Å². The van der Waals surface area contributed by atoms with Gasteiger partial charge in [-0.05, 0) is 94.8 Å². The minimum atomic E-state index is -0.115. The smallest absolute Gasteiger partial charge is 0.254 e. The molecule has 2 heterocycles. The average Bonchev–Trinajstić information content (AvgIpc) is 3.87. The summed E-state index contributed by atoms with van der Waals surface area (Å²) < 4.78 is 0. The maximum atomic E-state index is 12.7. The molecule has 2 aromatic carbocycles. The van der Waals surface area contributed by atoms with Crippen LogP contribution in [0.25, 0.3) is 0 Å². The van der Waals surface area contributed by atoms with E-state index in [1.54, 1.807) is 0 Å². The van der Waals surface area contributed by atoms with Gasteiger partial charge in [0.15, 0.2) is 0 Å². The zero-order valence-corrected chi connectivity index (χ0v) is 25.3. The molecule has 1 saturated heterocycles. The summed E-state index contributed by atoms with van der Waals surface area (Å²) in [5.74, 6) is 0.160. The van der Waals surface area contributed by atoms with Crippen LogP contribution in [-0.4, -0.2) is 58.4 Å². The fraction of sp³-hybridized carbons (Fsp3) is 0.441. The predicted octanol–water partition coefficient (Wildman–Crippen LogP) is 4.99. The fourth-order valence-corrected chi connectivity index (χ4v) is 5.92. The molecule has 0 bridgehead atoms. The molecule has 43 heavy (non-hydrogen) atoms. The first-order valence-electron chi connectivity index (χ1n) is 15.3. The van der Waals surface area contributed by atoms with Crippen LogP contribution in [0.5, 0.6) is 0 Å². The fourth-order valence-electron chi connectivity index (χ4n) is 5.92. The topological polar surface area (TPSA) is 114 Å². The van der Waals surface area contributed by atoms with Crippen LogP contribution in [0.15, 0.2) is 54.9 Å². The molecule has 9 heteroatoms. The Morgan fingerprint density at radius 2 is 1.74 bits per heavy atom. The molecular formula is C34H41N7O2. The normalized spacial score (nSPS) is 16.2. The van der Waals surface area contributed by atoms with Crippen molar-refractivity contribution in [2.75, 3.05) is 29.9 Å². The van der Waals surface area contributed by atoms with E-state index < -0.39 is 0 Å². The zero-order chi connectivity index (χ0) is 30.3. The summed E-state index contributed by atoms with van der Waals surface area (Å²) in [7, 11) is 0. The van der Waals surface area contributed by atoms with Crippen molar-refractivity contribution in [1.29, 1.82) is 5.26 Å². The molecule has 1 aromatic heterocycles. The lowest BCUT2D eigenvalue weighted by atomic mass is 9.99. The molecule has 1 atom stereocenters. The summed E-state index contributed by atoms with van der Waals surface area (Å²) in [6.45, 7) is 9.14. The number of likely N-dealkylation sites (tertiary alicyclic amines) is 1. The number of hydrogen-bond donors (Lipinski definition) is 2. The second kappa shape index (κ2) is 13.8. The van der Waals surface area contributed by atoms with E-state index >= 15 is 0 Å². The van der Waals surface area contributed by atoms with Gasteiger partial charge in [0.1, 0.15) is 6.33 Å². The number of carbonyl (C=O) groups excluding carboxylic acids is 2.